The minimum atomic E-state index is -0.194. The van der Waals surface area contributed by atoms with Gasteiger partial charge in [-0.2, -0.15) is 0 Å². The van der Waals surface area contributed by atoms with Gasteiger partial charge in [-0.15, -0.1) is 11.3 Å². The summed E-state index contributed by atoms with van der Waals surface area (Å²) in [6.07, 6.45) is 7.91. The molecule has 3 amide bonds. The maximum Gasteiger partial charge on any atom is 0.252 e. The van der Waals surface area contributed by atoms with E-state index in [1.54, 1.807) is 16.2 Å². The van der Waals surface area contributed by atoms with Crippen LogP contribution in [-0.2, 0) is 22.4 Å². The third kappa shape index (κ3) is 4.40. The zero-order valence-electron chi connectivity index (χ0n) is 16.5. The topological polar surface area (TPSA) is 78.5 Å². The maximum absolute atomic E-state index is 12.9. The fourth-order valence-corrected chi connectivity index (χ4v) is 5.40. The minimum Gasteiger partial charge on any atom is -0.353 e. The van der Waals surface area contributed by atoms with E-state index in [9.17, 15) is 14.4 Å². The Morgan fingerprint density at radius 3 is 2.50 bits per heavy atom. The van der Waals surface area contributed by atoms with E-state index in [1.165, 1.54) is 23.8 Å². The molecule has 0 unspecified atom stereocenters. The molecule has 1 saturated carbocycles. The Hall–Kier alpha value is -1.89. The summed E-state index contributed by atoms with van der Waals surface area (Å²) in [5.74, 6) is -0.222. The van der Waals surface area contributed by atoms with Gasteiger partial charge in [0.25, 0.3) is 5.91 Å². The number of thiophene rings is 1. The van der Waals surface area contributed by atoms with E-state index < -0.39 is 0 Å². The van der Waals surface area contributed by atoms with Crippen molar-refractivity contribution in [1.82, 2.24) is 15.5 Å². The number of carbonyl (C=O) groups is 3. The van der Waals surface area contributed by atoms with Gasteiger partial charge in [-0.1, -0.05) is 0 Å². The number of carbonyl (C=O) groups excluding carboxylic acids is 3. The SMILES string of the molecule is CC(=O)N1C[C@@H](NC(=O)c2csc3c2CCCC3)CC[C@@H](C(=O)NC2CC2)C1. The van der Waals surface area contributed by atoms with Gasteiger partial charge in [-0.05, 0) is 56.9 Å². The van der Waals surface area contributed by atoms with Crippen LogP contribution >= 0.6 is 11.3 Å². The molecule has 4 rings (SSSR count). The molecule has 2 atom stereocenters. The molecule has 152 valence electrons. The molecule has 1 aromatic rings. The molecule has 6 nitrogen and oxygen atoms in total. The fourth-order valence-electron chi connectivity index (χ4n) is 4.27. The molecule has 1 saturated heterocycles. The van der Waals surface area contributed by atoms with Gasteiger partial charge >= 0.3 is 0 Å². The molecule has 3 aliphatic rings. The second kappa shape index (κ2) is 8.23. The second-order valence-corrected chi connectivity index (χ2v) is 9.37. The van der Waals surface area contributed by atoms with E-state index in [-0.39, 0.29) is 29.7 Å². The number of amides is 3. The zero-order chi connectivity index (χ0) is 19.7. The number of nitrogens with one attached hydrogen (secondary N) is 2. The van der Waals surface area contributed by atoms with Crippen LogP contribution in [0.3, 0.4) is 0 Å². The molecule has 0 radical (unpaired) electrons. The number of likely N-dealkylation sites (tertiary alicyclic amines) is 1. The summed E-state index contributed by atoms with van der Waals surface area (Å²) in [5.41, 5.74) is 2.02. The summed E-state index contributed by atoms with van der Waals surface area (Å²) in [6.45, 7) is 2.45. The lowest BCUT2D eigenvalue weighted by Gasteiger charge is -2.25. The average Bonchev–Trinajstić information content (AvgIpc) is 3.42. The first-order valence-electron chi connectivity index (χ1n) is 10.5. The van der Waals surface area contributed by atoms with Crippen LogP contribution in [0.15, 0.2) is 5.38 Å². The molecule has 7 heteroatoms. The Labute approximate surface area is 170 Å². The number of rotatable bonds is 4. The van der Waals surface area contributed by atoms with Crippen LogP contribution in [0.1, 0.15) is 66.2 Å². The minimum absolute atomic E-state index is 0.0335. The van der Waals surface area contributed by atoms with E-state index >= 15 is 0 Å². The average molecular weight is 404 g/mol. The van der Waals surface area contributed by atoms with Gasteiger partial charge in [-0.3, -0.25) is 14.4 Å². The molecule has 0 spiro atoms. The first-order valence-corrected chi connectivity index (χ1v) is 11.3. The van der Waals surface area contributed by atoms with Crippen LogP contribution in [0.4, 0.5) is 0 Å². The number of aryl methyl sites for hydroxylation is 1. The summed E-state index contributed by atoms with van der Waals surface area (Å²) in [7, 11) is 0. The highest BCUT2D eigenvalue weighted by Gasteiger charge is 2.33. The van der Waals surface area contributed by atoms with E-state index in [0.29, 0.717) is 32.0 Å². The van der Waals surface area contributed by atoms with Crippen LogP contribution in [0, 0.1) is 5.92 Å². The van der Waals surface area contributed by atoms with Gasteiger partial charge in [0.2, 0.25) is 11.8 Å². The molecule has 0 bridgehead atoms. The van der Waals surface area contributed by atoms with Crippen molar-refractivity contribution >= 4 is 29.1 Å². The Balaban J connectivity index is 1.42. The highest BCUT2D eigenvalue weighted by atomic mass is 32.1. The fraction of sp³-hybridized carbons (Fsp3) is 0.667. The Morgan fingerprint density at radius 2 is 1.75 bits per heavy atom. The molecule has 28 heavy (non-hydrogen) atoms. The number of fused-ring (bicyclic) bond motifs is 1. The third-order valence-electron chi connectivity index (χ3n) is 6.13. The van der Waals surface area contributed by atoms with E-state index in [2.05, 4.69) is 10.6 Å². The summed E-state index contributed by atoms with van der Waals surface area (Å²) < 4.78 is 0. The van der Waals surface area contributed by atoms with Crippen LogP contribution in [-0.4, -0.2) is 47.8 Å². The van der Waals surface area contributed by atoms with Crippen molar-refractivity contribution in [2.24, 2.45) is 5.92 Å². The standard InChI is InChI=1S/C21H29N3O3S/c1-13(25)24-10-14(20(26)22-15-8-9-15)6-7-16(11-24)23-21(27)18-12-28-19-5-3-2-4-17(18)19/h12,14-16H,2-11H2,1H3,(H,22,26)(H,23,27)/t14-,16+/m1/s1. The first kappa shape index (κ1) is 19.4. The van der Waals surface area contributed by atoms with Crippen LogP contribution in [0.2, 0.25) is 0 Å². The van der Waals surface area contributed by atoms with Gasteiger partial charge in [0.1, 0.15) is 0 Å². The van der Waals surface area contributed by atoms with Gasteiger partial charge in [-0.25, -0.2) is 0 Å². The molecule has 0 aromatic carbocycles. The van der Waals surface area contributed by atoms with E-state index in [0.717, 1.165) is 37.7 Å². The number of nitrogens with zero attached hydrogens (tertiary/aromatic N) is 1. The summed E-state index contributed by atoms with van der Waals surface area (Å²) in [4.78, 5) is 40.6. The van der Waals surface area contributed by atoms with Crippen molar-refractivity contribution in [1.29, 1.82) is 0 Å². The van der Waals surface area contributed by atoms with Gasteiger partial charge in [0, 0.05) is 42.4 Å². The monoisotopic (exact) mass is 403 g/mol. The van der Waals surface area contributed by atoms with E-state index in [4.69, 9.17) is 0 Å². The molecular weight excluding hydrogens is 374 g/mol. The highest BCUT2D eigenvalue weighted by molar-refractivity contribution is 7.10. The predicted octanol–water partition coefficient (Wildman–Crippen LogP) is 2.26. The summed E-state index contributed by atoms with van der Waals surface area (Å²) >= 11 is 1.69. The molecule has 2 N–H and O–H groups in total. The largest absolute Gasteiger partial charge is 0.353 e. The lowest BCUT2D eigenvalue weighted by Crippen LogP contribution is -2.45. The second-order valence-electron chi connectivity index (χ2n) is 8.41. The highest BCUT2D eigenvalue weighted by Crippen LogP contribution is 2.30. The van der Waals surface area contributed by atoms with Crippen molar-refractivity contribution in [2.75, 3.05) is 13.1 Å². The zero-order valence-corrected chi connectivity index (χ0v) is 17.3. The maximum atomic E-state index is 12.9. The van der Waals surface area contributed by atoms with Crippen molar-refractivity contribution in [2.45, 2.75) is 70.4 Å². The van der Waals surface area contributed by atoms with Gasteiger partial charge in [0.15, 0.2) is 0 Å². The van der Waals surface area contributed by atoms with Crippen molar-refractivity contribution < 1.29 is 14.4 Å². The number of hydrogen-bond donors (Lipinski definition) is 2. The van der Waals surface area contributed by atoms with E-state index in [1.807, 2.05) is 5.38 Å². The lowest BCUT2D eigenvalue weighted by atomic mass is 9.95. The Morgan fingerprint density at radius 1 is 1.00 bits per heavy atom. The molecule has 2 aliphatic carbocycles. The molecule has 1 aromatic heterocycles. The normalized spacial score (nSPS) is 24.8. The van der Waals surface area contributed by atoms with Crippen LogP contribution in [0.5, 0.6) is 0 Å². The molecule has 1 aliphatic heterocycles. The third-order valence-corrected chi connectivity index (χ3v) is 7.21. The van der Waals surface area contributed by atoms with Gasteiger partial charge in [0.05, 0.1) is 11.5 Å². The number of hydrogen-bond acceptors (Lipinski definition) is 4. The quantitative estimate of drug-likeness (QED) is 0.809. The smallest absolute Gasteiger partial charge is 0.252 e. The lowest BCUT2D eigenvalue weighted by molar-refractivity contribution is -0.131. The van der Waals surface area contributed by atoms with Crippen LogP contribution < -0.4 is 10.6 Å². The summed E-state index contributed by atoms with van der Waals surface area (Å²) in [5, 5.41) is 8.19. The first-order chi connectivity index (χ1) is 13.5. The molecule has 2 heterocycles. The van der Waals surface area contributed by atoms with Crippen LogP contribution in [0.25, 0.3) is 0 Å². The Kier molecular flexibility index (Phi) is 5.71. The molecule has 2 fully saturated rings. The van der Waals surface area contributed by atoms with Gasteiger partial charge < -0.3 is 15.5 Å². The molecular formula is C21H29N3O3S. The van der Waals surface area contributed by atoms with Crippen molar-refractivity contribution in [3.63, 3.8) is 0 Å². The summed E-state index contributed by atoms with van der Waals surface area (Å²) in [6, 6.07) is 0.205. The Bertz CT molecular complexity index is 771. The predicted molar refractivity (Wildman–Crippen MR) is 108 cm³/mol. The van der Waals surface area contributed by atoms with Crippen molar-refractivity contribution in [3.05, 3.63) is 21.4 Å². The van der Waals surface area contributed by atoms with Crippen molar-refractivity contribution in [3.8, 4) is 0 Å².